The van der Waals surface area contributed by atoms with Crippen molar-refractivity contribution in [3.63, 3.8) is 0 Å². The summed E-state index contributed by atoms with van der Waals surface area (Å²) in [4.78, 5) is 11.7. The van der Waals surface area contributed by atoms with E-state index in [2.05, 4.69) is 4.72 Å². The van der Waals surface area contributed by atoms with Gasteiger partial charge in [-0.05, 0) is 23.8 Å². The molecule has 2 rings (SSSR count). The zero-order valence-corrected chi connectivity index (χ0v) is 15.9. The predicted molar refractivity (Wildman–Crippen MR) is 101 cm³/mol. The molecule has 0 fully saturated rings. The second-order valence-corrected chi connectivity index (χ2v) is 7.10. The highest BCUT2D eigenvalue weighted by Gasteiger charge is 2.18. The summed E-state index contributed by atoms with van der Waals surface area (Å²) < 4.78 is 41.9. The highest BCUT2D eigenvalue weighted by atomic mass is 32.2. The largest absolute Gasteiger partial charge is 0.493 e. The molecule has 0 atom stereocenters. The fourth-order valence-electron chi connectivity index (χ4n) is 2.16. The number of carbonyl (C=O) groups is 1. The summed E-state index contributed by atoms with van der Waals surface area (Å²) in [5.74, 6) is -0.00757. The minimum Gasteiger partial charge on any atom is -0.493 e. The summed E-state index contributed by atoms with van der Waals surface area (Å²) in [5, 5.41) is 0. The van der Waals surface area contributed by atoms with Gasteiger partial charge in [-0.3, -0.25) is 4.79 Å². The van der Waals surface area contributed by atoms with Crippen molar-refractivity contribution in [2.24, 2.45) is 0 Å². The highest BCUT2D eigenvalue weighted by Crippen LogP contribution is 2.29. The van der Waals surface area contributed by atoms with Crippen LogP contribution in [-0.2, 0) is 19.6 Å². The number of carbonyl (C=O) groups excluding carboxylic acids is 1. The van der Waals surface area contributed by atoms with Gasteiger partial charge in [-0.25, -0.2) is 8.42 Å². The van der Waals surface area contributed by atoms with Crippen LogP contribution < -0.4 is 14.2 Å². The summed E-state index contributed by atoms with van der Waals surface area (Å²) >= 11 is 0. The Morgan fingerprint density at radius 1 is 1.04 bits per heavy atom. The topological polar surface area (TPSA) is 90.9 Å². The lowest BCUT2D eigenvalue weighted by Crippen LogP contribution is -2.30. The van der Waals surface area contributed by atoms with Crippen LogP contribution in [0, 0.1) is 0 Å². The Hall–Kier alpha value is -2.84. The number of nitrogens with one attached hydrogen (secondary N) is 1. The monoisotopic (exact) mass is 391 g/mol. The third-order valence-electron chi connectivity index (χ3n) is 3.52. The number of methoxy groups -OCH3 is 2. The fraction of sp³-hybridized carbons (Fsp3) is 0.211. The van der Waals surface area contributed by atoms with Crippen molar-refractivity contribution >= 4 is 22.1 Å². The molecular formula is C19H21NO6S. The first-order valence-corrected chi connectivity index (χ1v) is 9.53. The first-order chi connectivity index (χ1) is 13.0. The van der Waals surface area contributed by atoms with Crippen LogP contribution in [0.25, 0.3) is 6.08 Å². The molecule has 0 spiro atoms. The molecular weight excluding hydrogens is 370 g/mol. The second-order valence-electron chi connectivity index (χ2n) is 5.34. The number of hydrogen-bond donors (Lipinski definition) is 1. The smallest absolute Gasteiger partial charge is 0.321 e. The molecule has 7 nitrogen and oxygen atoms in total. The molecule has 144 valence electrons. The number of rotatable bonds is 9. The maximum Gasteiger partial charge on any atom is 0.321 e. The van der Waals surface area contributed by atoms with E-state index in [-0.39, 0.29) is 17.3 Å². The zero-order valence-electron chi connectivity index (χ0n) is 15.0. The standard InChI is InChI=1S/C19H21NO6S/c1-24-17-11-10-16(13-18(17)25-2)27(22,23)20-14-19(21)26-12-6-9-15-7-4-3-5-8-15/h3-11,13,20H,12,14H2,1-2H3/b9-6+. The van der Waals surface area contributed by atoms with E-state index in [9.17, 15) is 13.2 Å². The van der Waals surface area contributed by atoms with E-state index in [1.807, 2.05) is 30.3 Å². The lowest BCUT2D eigenvalue weighted by atomic mass is 10.2. The third kappa shape index (κ3) is 6.12. The average Bonchev–Trinajstić information content (AvgIpc) is 2.70. The van der Waals surface area contributed by atoms with Gasteiger partial charge in [-0.1, -0.05) is 36.4 Å². The molecule has 0 aliphatic rings. The van der Waals surface area contributed by atoms with Crippen LogP contribution in [0.4, 0.5) is 0 Å². The van der Waals surface area contributed by atoms with Crippen LogP contribution >= 0.6 is 0 Å². The molecule has 0 radical (unpaired) electrons. The van der Waals surface area contributed by atoms with Crippen molar-refractivity contribution in [3.8, 4) is 11.5 Å². The number of sulfonamides is 1. The Bertz CT molecular complexity index is 894. The van der Waals surface area contributed by atoms with E-state index in [0.717, 1.165) is 5.56 Å². The molecule has 0 aliphatic carbocycles. The molecule has 0 amide bonds. The van der Waals surface area contributed by atoms with Crippen LogP contribution in [0.1, 0.15) is 5.56 Å². The average molecular weight is 391 g/mol. The fourth-order valence-corrected chi connectivity index (χ4v) is 3.15. The summed E-state index contributed by atoms with van der Waals surface area (Å²) in [5.41, 5.74) is 0.975. The van der Waals surface area contributed by atoms with E-state index in [1.165, 1.54) is 32.4 Å². The zero-order chi connectivity index (χ0) is 19.7. The molecule has 0 aromatic heterocycles. The Kier molecular flexibility index (Phi) is 7.39. The summed E-state index contributed by atoms with van der Waals surface area (Å²) in [6.07, 6.45) is 3.48. The number of benzene rings is 2. The van der Waals surface area contributed by atoms with Gasteiger partial charge in [0.15, 0.2) is 11.5 Å². The minimum absolute atomic E-state index is 0.0445. The second kappa shape index (κ2) is 9.75. The molecule has 0 unspecified atom stereocenters. The van der Waals surface area contributed by atoms with Crippen LogP contribution in [0.15, 0.2) is 59.5 Å². The van der Waals surface area contributed by atoms with Crippen LogP contribution in [-0.4, -0.2) is 41.8 Å². The van der Waals surface area contributed by atoms with Gasteiger partial charge in [-0.15, -0.1) is 0 Å². The molecule has 0 saturated heterocycles. The van der Waals surface area contributed by atoms with Crippen LogP contribution in [0.5, 0.6) is 11.5 Å². The number of esters is 1. The first-order valence-electron chi connectivity index (χ1n) is 8.05. The SMILES string of the molecule is COc1ccc(S(=O)(=O)NCC(=O)OC/C=C/c2ccccc2)cc1OC. The number of ether oxygens (including phenoxy) is 3. The molecule has 0 aliphatic heterocycles. The van der Waals surface area contributed by atoms with E-state index in [0.29, 0.717) is 5.75 Å². The first kappa shape index (κ1) is 20.5. The van der Waals surface area contributed by atoms with Gasteiger partial charge in [0.2, 0.25) is 10.0 Å². The molecule has 2 aromatic carbocycles. The lowest BCUT2D eigenvalue weighted by molar-refractivity contribution is -0.140. The quantitative estimate of drug-likeness (QED) is 0.659. The van der Waals surface area contributed by atoms with Crippen LogP contribution in [0.3, 0.4) is 0 Å². The molecule has 0 bridgehead atoms. The van der Waals surface area contributed by atoms with Gasteiger partial charge in [0, 0.05) is 6.07 Å². The summed E-state index contributed by atoms with van der Waals surface area (Å²) in [6, 6.07) is 13.7. The summed E-state index contributed by atoms with van der Waals surface area (Å²) in [6.45, 7) is -0.429. The predicted octanol–water partition coefficient (Wildman–Crippen LogP) is 2.24. The van der Waals surface area contributed by atoms with Crippen LogP contribution in [0.2, 0.25) is 0 Å². The van der Waals surface area contributed by atoms with Gasteiger partial charge in [0.25, 0.3) is 0 Å². The van der Waals surface area contributed by atoms with Crippen molar-refractivity contribution in [1.29, 1.82) is 0 Å². The normalized spacial score (nSPS) is 11.3. The Morgan fingerprint density at radius 2 is 1.74 bits per heavy atom. The van der Waals surface area contributed by atoms with Crippen molar-refractivity contribution in [1.82, 2.24) is 4.72 Å². The van der Waals surface area contributed by atoms with Gasteiger partial charge >= 0.3 is 5.97 Å². The van der Waals surface area contributed by atoms with Crippen molar-refractivity contribution < 1.29 is 27.4 Å². The van der Waals surface area contributed by atoms with Gasteiger partial charge in [0.05, 0.1) is 19.1 Å². The van der Waals surface area contributed by atoms with Gasteiger partial charge in [-0.2, -0.15) is 4.72 Å². The summed E-state index contributed by atoms with van der Waals surface area (Å²) in [7, 11) is -1.04. The highest BCUT2D eigenvalue weighted by molar-refractivity contribution is 7.89. The van der Waals surface area contributed by atoms with E-state index >= 15 is 0 Å². The molecule has 2 aromatic rings. The van der Waals surface area contributed by atoms with Crippen molar-refractivity contribution in [3.05, 3.63) is 60.2 Å². The van der Waals surface area contributed by atoms with Gasteiger partial charge < -0.3 is 14.2 Å². The molecule has 1 N–H and O–H groups in total. The number of hydrogen-bond acceptors (Lipinski definition) is 6. The Labute approximate surface area is 158 Å². The maximum atomic E-state index is 12.3. The van der Waals surface area contributed by atoms with E-state index < -0.39 is 22.5 Å². The lowest BCUT2D eigenvalue weighted by Gasteiger charge is -2.10. The molecule has 0 heterocycles. The van der Waals surface area contributed by atoms with E-state index in [4.69, 9.17) is 14.2 Å². The third-order valence-corrected chi connectivity index (χ3v) is 4.92. The van der Waals surface area contributed by atoms with Crippen molar-refractivity contribution in [2.75, 3.05) is 27.4 Å². The van der Waals surface area contributed by atoms with E-state index in [1.54, 1.807) is 12.2 Å². The van der Waals surface area contributed by atoms with Crippen molar-refractivity contribution in [2.45, 2.75) is 4.90 Å². The Balaban J connectivity index is 1.87. The molecule has 8 heteroatoms. The Morgan fingerprint density at radius 3 is 2.41 bits per heavy atom. The van der Waals surface area contributed by atoms with Gasteiger partial charge in [0.1, 0.15) is 13.2 Å². The minimum atomic E-state index is -3.89. The molecule has 27 heavy (non-hydrogen) atoms. The maximum absolute atomic E-state index is 12.3. The molecule has 0 saturated carbocycles.